The summed E-state index contributed by atoms with van der Waals surface area (Å²) in [5, 5.41) is 13.1. The average Bonchev–Trinajstić information content (AvgIpc) is 2.98. The third-order valence-electron chi connectivity index (χ3n) is 5.36. The van der Waals surface area contributed by atoms with Gasteiger partial charge in [0, 0.05) is 17.7 Å². The molecule has 9 nitrogen and oxygen atoms in total. The molecule has 2 aliphatic heterocycles. The molecule has 2 amide bonds. The number of carbonyl (C=O) groups excluding carboxylic acids is 2. The second kappa shape index (κ2) is 8.00. The molecule has 0 radical (unpaired) electrons. The lowest BCUT2D eigenvalue weighted by Crippen LogP contribution is -2.39. The highest BCUT2D eigenvalue weighted by molar-refractivity contribution is 8.32. The smallest absolute Gasteiger partial charge is 0.415 e. The molecule has 0 bridgehead atoms. The molecule has 3 N–H and O–H groups in total. The summed E-state index contributed by atoms with van der Waals surface area (Å²) >= 11 is 0. The molecule has 3 rings (SSSR count). The maximum atomic E-state index is 12.3. The number of carbonyl (C=O) groups is 2. The van der Waals surface area contributed by atoms with Gasteiger partial charge < -0.3 is 19.9 Å². The molecular formula is C19H30N4O5S. The number of aromatic nitrogens is 1. The first-order chi connectivity index (χ1) is 13.5. The topological polar surface area (TPSA) is 113 Å². The van der Waals surface area contributed by atoms with Crippen LogP contribution in [0.3, 0.4) is 0 Å². The number of hydrogen-bond acceptors (Lipinski definition) is 7. The third-order valence-corrected chi connectivity index (χ3v) is 9.31. The summed E-state index contributed by atoms with van der Waals surface area (Å²) in [4.78, 5) is 29.5. The second-order valence-electron chi connectivity index (χ2n) is 8.65. The maximum absolute atomic E-state index is 12.3. The van der Waals surface area contributed by atoms with Gasteiger partial charge in [-0.2, -0.15) is 10.2 Å². The standard InChI is InChI=1S/C19H30N4O5S/c1-19(2,3)29(4,5)20-9-12(24)8-13-10-23(18(26)28-13)15-7-6-14-17(21-15)22-16(25)11-27-14/h6-7,12-13,20,24H,8-11H2,1-5H3,(H,21,22,25). The molecule has 1 saturated heterocycles. The number of ether oxygens (including phenoxy) is 2. The molecule has 2 aliphatic rings. The highest BCUT2D eigenvalue weighted by Crippen LogP contribution is 2.48. The van der Waals surface area contributed by atoms with Gasteiger partial charge in [-0.3, -0.25) is 14.4 Å². The molecule has 0 aromatic carbocycles. The minimum Gasteiger partial charge on any atom is -0.480 e. The van der Waals surface area contributed by atoms with Gasteiger partial charge >= 0.3 is 6.09 Å². The van der Waals surface area contributed by atoms with E-state index in [1.807, 2.05) is 0 Å². The molecule has 2 unspecified atom stereocenters. The fourth-order valence-corrected chi connectivity index (χ4v) is 3.89. The Labute approximate surface area is 172 Å². The predicted molar refractivity (Wildman–Crippen MR) is 114 cm³/mol. The van der Waals surface area contributed by atoms with Crippen LogP contribution in [0.25, 0.3) is 0 Å². The van der Waals surface area contributed by atoms with Crippen molar-refractivity contribution in [1.82, 2.24) is 9.71 Å². The summed E-state index contributed by atoms with van der Waals surface area (Å²) in [6.07, 6.45) is 3.11. The van der Waals surface area contributed by atoms with Crippen LogP contribution in [-0.4, -0.2) is 71.3 Å². The van der Waals surface area contributed by atoms with Crippen molar-refractivity contribution >= 4 is 33.9 Å². The van der Waals surface area contributed by atoms with Crippen LogP contribution >= 0.6 is 10.2 Å². The van der Waals surface area contributed by atoms with Crippen molar-refractivity contribution in [2.24, 2.45) is 0 Å². The quantitative estimate of drug-likeness (QED) is 0.636. The Morgan fingerprint density at radius 2 is 2.10 bits per heavy atom. The lowest BCUT2D eigenvalue weighted by Gasteiger charge is -2.45. The fraction of sp³-hybridized carbons (Fsp3) is 0.632. The van der Waals surface area contributed by atoms with E-state index in [-0.39, 0.29) is 29.6 Å². The summed E-state index contributed by atoms with van der Waals surface area (Å²) in [6.45, 7) is 7.20. The highest BCUT2D eigenvalue weighted by atomic mass is 32.3. The van der Waals surface area contributed by atoms with Crippen LogP contribution in [0.5, 0.6) is 5.75 Å². The Bertz CT molecular complexity index is 795. The first kappa shape index (κ1) is 21.7. The molecule has 1 fully saturated rings. The van der Waals surface area contributed by atoms with Crippen molar-refractivity contribution in [3.05, 3.63) is 12.1 Å². The molecule has 1 aromatic heterocycles. The number of amides is 2. The number of pyridine rings is 1. The molecule has 162 valence electrons. The summed E-state index contributed by atoms with van der Waals surface area (Å²) < 4.78 is 14.3. The average molecular weight is 427 g/mol. The molecular weight excluding hydrogens is 396 g/mol. The van der Waals surface area contributed by atoms with Gasteiger partial charge in [0.25, 0.3) is 5.91 Å². The lowest BCUT2D eigenvalue weighted by atomic mass is 10.1. The molecule has 0 saturated carbocycles. The molecule has 3 heterocycles. The number of hydrogen-bond donors (Lipinski definition) is 3. The van der Waals surface area contributed by atoms with Crippen LogP contribution in [0.15, 0.2) is 12.1 Å². The van der Waals surface area contributed by atoms with E-state index in [9.17, 15) is 14.7 Å². The summed E-state index contributed by atoms with van der Waals surface area (Å²) in [6, 6.07) is 3.31. The SMILES string of the molecule is CC(C)(C)S(C)(C)NCC(O)CC1CN(c2ccc3c(n2)NC(=O)CO3)C(=O)O1. The zero-order valence-electron chi connectivity index (χ0n) is 17.5. The Balaban J connectivity index is 1.58. The van der Waals surface area contributed by atoms with Gasteiger partial charge in [0.05, 0.1) is 12.6 Å². The Hall–Kier alpha value is -2.04. The van der Waals surface area contributed by atoms with Crippen LogP contribution in [0.1, 0.15) is 27.2 Å². The zero-order chi connectivity index (χ0) is 21.4. The molecule has 0 aliphatic carbocycles. The molecule has 2 atom stereocenters. The van der Waals surface area contributed by atoms with Gasteiger partial charge in [-0.25, -0.2) is 9.78 Å². The largest absolute Gasteiger partial charge is 0.480 e. The molecule has 0 spiro atoms. The van der Waals surface area contributed by atoms with E-state index in [1.54, 1.807) is 12.1 Å². The van der Waals surface area contributed by atoms with Gasteiger partial charge in [-0.1, -0.05) is 20.8 Å². The first-order valence-corrected chi connectivity index (χ1v) is 12.0. The summed E-state index contributed by atoms with van der Waals surface area (Å²) in [5.74, 6) is 0.822. The number of fused-ring (bicyclic) bond motifs is 1. The van der Waals surface area contributed by atoms with Crippen molar-refractivity contribution in [3.8, 4) is 5.75 Å². The number of rotatable bonds is 6. The van der Waals surface area contributed by atoms with Crippen molar-refractivity contribution in [1.29, 1.82) is 0 Å². The normalized spacial score (nSPS) is 21.2. The fourth-order valence-electron chi connectivity index (χ4n) is 2.84. The van der Waals surface area contributed by atoms with E-state index in [0.717, 1.165) is 0 Å². The van der Waals surface area contributed by atoms with Crippen LogP contribution in [0, 0.1) is 0 Å². The van der Waals surface area contributed by atoms with Crippen molar-refractivity contribution in [2.75, 3.05) is 42.4 Å². The van der Waals surface area contributed by atoms with E-state index in [2.05, 4.69) is 48.3 Å². The molecule has 29 heavy (non-hydrogen) atoms. The van der Waals surface area contributed by atoms with E-state index in [4.69, 9.17) is 9.47 Å². The number of anilines is 2. The molecule has 1 aromatic rings. The minimum absolute atomic E-state index is 0.0541. The monoisotopic (exact) mass is 426 g/mol. The number of cyclic esters (lactones) is 1. The van der Waals surface area contributed by atoms with E-state index in [1.165, 1.54) is 4.90 Å². The van der Waals surface area contributed by atoms with Gasteiger partial charge in [-0.05, 0) is 24.6 Å². The van der Waals surface area contributed by atoms with Crippen molar-refractivity contribution in [2.45, 2.75) is 44.1 Å². The van der Waals surface area contributed by atoms with Gasteiger partial charge in [0.2, 0.25) is 0 Å². The van der Waals surface area contributed by atoms with Gasteiger partial charge in [0.15, 0.2) is 18.2 Å². The number of aliphatic hydroxyl groups excluding tert-OH is 1. The number of nitrogens with one attached hydrogen (secondary N) is 2. The second-order valence-corrected chi connectivity index (χ2v) is 12.8. The van der Waals surface area contributed by atoms with Crippen LogP contribution < -0.4 is 19.7 Å². The van der Waals surface area contributed by atoms with Crippen LogP contribution in [0.4, 0.5) is 16.4 Å². The van der Waals surface area contributed by atoms with Gasteiger partial charge in [-0.15, -0.1) is 0 Å². The third kappa shape index (κ3) is 4.93. The van der Waals surface area contributed by atoms with Crippen LogP contribution in [-0.2, 0) is 9.53 Å². The lowest BCUT2D eigenvalue weighted by molar-refractivity contribution is -0.118. The Morgan fingerprint density at radius 1 is 1.38 bits per heavy atom. The van der Waals surface area contributed by atoms with E-state index < -0.39 is 28.5 Å². The first-order valence-electron chi connectivity index (χ1n) is 9.54. The molecule has 10 heteroatoms. The number of aliphatic hydroxyl groups is 1. The summed E-state index contributed by atoms with van der Waals surface area (Å²) in [7, 11) is -1.09. The minimum atomic E-state index is -1.09. The zero-order valence-corrected chi connectivity index (χ0v) is 18.3. The predicted octanol–water partition coefficient (Wildman–Crippen LogP) is 1.86. The maximum Gasteiger partial charge on any atom is 0.415 e. The van der Waals surface area contributed by atoms with E-state index in [0.29, 0.717) is 24.5 Å². The van der Waals surface area contributed by atoms with E-state index >= 15 is 0 Å². The van der Waals surface area contributed by atoms with Crippen molar-refractivity contribution < 1.29 is 24.2 Å². The Kier molecular flexibility index (Phi) is 5.98. The number of nitrogens with zero attached hydrogens (tertiary/aromatic N) is 2. The summed E-state index contributed by atoms with van der Waals surface area (Å²) in [5.41, 5.74) is 0. The van der Waals surface area contributed by atoms with Crippen molar-refractivity contribution in [3.63, 3.8) is 0 Å². The Morgan fingerprint density at radius 3 is 2.79 bits per heavy atom. The van der Waals surface area contributed by atoms with Crippen LogP contribution in [0.2, 0.25) is 0 Å². The van der Waals surface area contributed by atoms with Gasteiger partial charge in [0.1, 0.15) is 11.9 Å². The highest BCUT2D eigenvalue weighted by Gasteiger charge is 2.35.